The zero-order valence-corrected chi connectivity index (χ0v) is 11.9. The van der Waals surface area contributed by atoms with E-state index in [9.17, 15) is 4.79 Å². The van der Waals surface area contributed by atoms with Crippen molar-refractivity contribution in [3.63, 3.8) is 0 Å². The summed E-state index contributed by atoms with van der Waals surface area (Å²) in [6.07, 6.45) is 2.49. The Morgan fingerprint density at radius 1 is 1.30 bits per heavy atom. The quantitative estimate of drug-likeness (QED) is 0.860. The van der Waals surface area contributed by atoms with Crippen LogP contribution in [0.3, 0.4) is 0 Å². The van der Waals surface area contributed by atoms with Crippen LogP contribution < -0.4 is 10.6 Å². The zero-order chi connectivity index (χ0) is 13.8. The molecule has 2 saturated heterocycles. The normalized spacial score (nSPS) is 26.2. The molecule has 0 radical (unpaired) electrons. The number of hydrogen-bond donors (Lipinski definition) is 2. The fourth-order valence-corrected chi connectivity index (χ4v) is 3.36. The summed E-state index contributed by atoms with van der Waals surface area (Å²) >= 11 is 0. The molecule has 4 heteroatoms. The van der Waals surface area contributed by atoms with Crippen molar-refractivity contribution in [3.05, 3.63) is 35.9 Å². The lowest BCUT2D eigenvalue weighted by Crippen LogP contribution is -2.37. The van der Waals surface area contributed by atoms with Gasteiger partial charge in [-0.1, -0.05) is 30.3 Å². The molecule has 1 unspecified atom stereocenters. The van der Waals surface area contributed by atoms with Crippen LogP contribution in [0.1, 0.15) is 18.4 Å². The zero-order valence-electron chi connectivity index (χ0n) is 11.9. The highest BCUT2D eigenvalue weighted by atomic mass is 16.2. The first kappa shape index (κ1) is 13.6. The number of carbonyl (C=O) groups is 1. The third-order valence-electron chi connectivity index (χ3n) is 4.55. The highest BCUT2D eigenvalue weighted by molar-refractivity contribution is 5.78. The highest BCUT2D eigenvalue weighted by Gasteiger charge is 2.40. The average molecular weight is 273 g/mol. The van der Waals surface area contributed by atoms with Gasteiger partial charge in [-0.05, 0) is 36.9 Å². The Morgan fingerprint density at radius 3 is 2.90 bits per heavy atom. The van der Waals surface area contributed by atoms with Crippen molar-refractivity contribution in [1.82, 2.24) is 15.5 Å². The van der Waals surface area contributed by atoms with E-state index in [1.165, 1.54) is 12.8 Å². The van der Waals surface area contributed by atoms with Crippen molar-refractivity contribution >= 4 is 5.91 Å². The van der Waals surface area contributed by atoms with Crippen molar-refractivity contribution in [2.24, 2.45) is 5.41 Å². The number of rotatable bonds is 4. The summed E-state index contributed by atoms with van der Waals surface area (Å²) in [5.74, 6) is 0.136. The van der Waals surface area contributed by atoms with Crippen molar-refractivity contribution in [3.8, 4) is 0 Å². The molecule has 1 aromatic carbocycles. The van der Waals surface area contributed by atoms with Gasteiger partial charge in [-0.15, -0.1) is 0 Å². The smallest absolute Gasteiger partial charge is 0.234 e. The Bertz CT molecular complexity index is 454. The van der Waals surface area contributed by atoms with E-state index in [1.54, 1.807) is 0 Å². The number of amides is 1. The van der Waals surface area contributed by atoms with Gasteiger partial charge < -0.3 is 10.6 Å². The largest absolute Gasteiger partial charge is 0.351 e. The summed E-state index contributed by atoms with van der Waals surface area (Å²) in [4.78, 5) is 14.3. The molecule has 2 N–H and O–H groups in total. The second kappa shape index (κ2) is 5.94. The van der Waals surface area contributed by atoms with Gasteiger partial charge >= 0.3 is 0 Å². The maximum atomic E-state index is 12.0. The molecule has 0 aliphatic carbocycles. The number of carbonyl (C=O) groups excluding carboxylic acids is 1. The highest BCUT2D eigenvalue weighted by Crippen LogP contribution is 2.35. The Balaban J connectivity index is 1.43. The number of nitrogens with zero attached hydrogens (tertiary/aromatic N) is 1. The number of hydrogen-bond acceptors (Lipinski definition) is 3. The lowest BCUT2D eigenvalue weighted by Gasteiger charge is -2.22. The number of likely N-dealkylation sites (tertiary alicyclic amines) is 1. The first-order chi connectivity index (χ1) is 9.76. The third kappa shape index (κ3) is 3.19. The predicted octanol–water partition coefficient (Wildman–Crippen LogP) is 0.988. The second-order valence-corrected chi connectivity index (χ2v) is 6.15. The Morgan fingerprint density at radius 2 is 2.15 bits per heavy atom. The van der Waals surface area contributed by atoms with Crippen molar-refractivity contribution in [1.29, 1.82) is 0 Å². The summed E-state index contributed by atoms with van der Waals surface area (Å²) in [5.41, 5.74) is 1.60. The lowest BCUT2D eigenvalue weighted by molar-refractivity contribution is -0.122. The molecule has 0 aromatic heterocycles. The van der Waals surface area contributed by atoms with Gasteiger partial charge in [-0.25, -0.2) is 0 Å². The van der Waals surface area contributed by atoms with Crippen LogP contribution in [-0.2, 0) is 11.3 Å². The molecule has 2 aliphatic heterocycles. The van der Waals surface area contributed by atoms with Crippen molar-refractivity contribution in [2.45, 2.75) is 19.4 Å². The summed E-state index contributed by atoms with van der Waals surface area (Å²) in [6.45, 7) is 5.54. The van der Waals surface area contributed by atoms with Gasteiger partial charge in [0.25, 0.3) is 0 Å². The summed E-state index contributed by atoms with van der Waals surface area (Å²) in [7, 11) is 0. The number of nitrogens with one attached hydrogen (secondary N) is 2. The molecule has 1 aromatic rings. The summed E-state index contributed by atoms with van der Waals surface area (Å²) < 4.78 is 0. The molecular formula is C16H23N3O. The summed E-state index contributed by atoms with van der Waals surface area (Å²) in [6, 6.07) is 10.1. The van der Waals surface area contributed by atoms with E-state index in [1.807, 2.05) is 30.3 Å². The molecule has 2 aliphatic rings. The van der Waals surface area contributed by atoms with Gasteiger partial charge in [0.05, 0.1) is 6.54 Å². The SMILES string of the molecule is O=C(CN1CCC2(CCNC2)C1)NCc1ccccc1. The minimum Gasteiger partial charge on any atom is -0.351 e. The van der Waals surface area contributed by atoms with E-state index >= 15 is 0 Å². The molecular weight excluding hydrogens is 250 g/mol. The first-order valence-electron chi connectivity index (χ1n) is 7.50. The lowest BCUT2D eigenvalue weighted by atomic mass is 9.87. The monoisotopic (exact) mass is 273 g/mol. The Labute approximate surface area is 120 Å². The van der Waals surface area contributed by atoms with Crippen molar-refractivity contribution < 1.29 is 4.79 Å². The average Bonchev–Trinajstić information content (AvgIpc) is 3.09. The van der Waals surface area contributed by atoms with E-state index in [0.717, 1.165) is 31.7 Å². The molecule has 4 nitrogen and oxygen atoms in total. The molecule has 1 amide bonds. The maximum absolute atomic E-state index is 12.0. The minimum atomic E-state index is 0.136. The first-order valence-corrected chi connectivity index (χ1v) is 7.50. The van der Waals surface area contributed by atoms with Crippen LogP contribution in [0.4, 0.5) is 0 Å². The fraction of sp³-hybridized carbons (Fsp3) is 0.562. The molecule has 2 heterocycles. The van der Waals surface area contributed by atoms with Crippen LogP contribution in [0.15, 0.2) is 30.3 Å². The van der Waals surface area contributed by atoms with Crippen LogP contribution in [-0.4, -0.2) is 43.5 Å². The van der Waals surface area contributed by atoms with Gasteiger partial charge in [0.2, 0.25) is 5.91 Å². The molecule has 1 atom stereocenters. The van der Waals surface area contributed by atoms with Crippen LogP contribution in [0.2, 0.25) is 0 Å². The topological polar surface area (TPSA) is 44.4 Å². The van der Waals surface area contributed by atoms with Crippen LogP contribution in [0.25, 0.3) is 0 Å². The van der Waals surface area contributed by atoms with Gasteiger partial charge in [-0.2, -0.15) is 0 Å². The standard InChI is InChI=1S/C16H23N3O/c20-15(18-10-14-4-2-1-3-5-14)11-19-9-7-16(13-19)6-8-17-12-16/h1-5,17H,6-13H2,(H,18,20). The van der Waals surface area contributed by atoms with Gasteiger partial charge in [0.15, 0.2) is 0 Å². The van der Waals surface area contributed by atoms with Crippen LogP contribution >= 0.6 is 0 Å². The Kier molecular flexibility index (Phi) is 4.03. The molecule has 0 saturated carbocycles. The van der Waals surface area contributed by atoms with E-state index in [-0.39, 0.29) is 5.91 Å². The molecule has 2 fully saturated rings. The minimum absolute atomic E-state index is 0.136. The van der Waals surface area contributed by atoms with E-state index < -0.39 is 0 Å². The number of benzene rings is 1. The fourth-order valence-electron chi connectivity index (χ4n) is 3.36. The summed E-state index contributed by atoms with van der Waals surface area (Å²) in [5, 5.41) is 6.46. The van der Waals surface area contributed by atoms with Crippen molar-refractivity contribution in [2.75, 3.05) is 32.7 Å². The molecule has 3 rings (SSSR count). The van der Waals surface area contributed by atoms with E-state index in [0.29, 0.717) is 18.5 Å². The van der Waals surface area contributed by atoms with Crippen LogP contribution in [0.5, 0.6) is 0 Å². The second-order valence-electron chi connectivity index (χ2n) is 6.15. The molecule has 20 heavy (non-hydrogen) atoms. The predicted molar refractivity (Wildman–Crippen MR) is 79.3 cm³/mol. The van der Waals surface area contributed by atoms with Gasteiger partial charge in [0, 0.05) is 19.6 Å². The van der Waals surface area contributed by atoms with E-state index in [2.05, 4.69) is 15.5 Å². The molecule has 1 spiro atoms. The van der Waals surface area contributed by atoms with Gasteiger partial charge in [-0.3, -0.25) is 9.69 Å². The third-order valence-corrected chi connectivity index (χ3v) is 4.55. The van der Waals surface area contributed by atoms with Gasteiger partial charge in [0.1, 0.15) is 0 Å². The van der Waals surface area contributed by atoms with E-state index in [4.69, 9.17) is 0 Å². The molecule has 108 valence electrons. The maximum Gasteiger partial charge on any atom is 0.234 e. The van der Waals surface area contributed by atoms with Crippen LogP contribution in [0, 0.1) is 5.41 Å². The molecule has 0 bridgehead atoms. The Hall–Kier alpha value is -1.39.